The van der Waals surface area contributed by atoms with Gasteiger partial charge in [-0.15, -0.1) is 0 Å². The van der Waals surface area contributed by atoms with E-state index in [0.29, 0.717) is 6.10 Å². The Morgan fingerprint density at radius 2 is 1.88 bits per heavy atom. The van der Waals surface area contributed by atoms with E-state index in [9.17, 15) is 0 Å². The summed E-state index contributed by atoms with van der Waals surface area (Å²) in [4.78, 5) is 0. The summed E-state index contributed by atoms with van der Waals surface area (Å²) in [6.07, 6.45) is 6.74. The third-order valence-corrected chi connectivity index (χ3v) is 3.14. The largest absolute Gasteiger partial charge is 0.378 e. The maximum atomic E-state index is 5.90. The molecule has 0 bridgehead atoms. The van der Waals surface area contributed by atoms with Gasteiger partial charge in [-0.05, 0) is 38.8 Å². The summed E-state index contributed by atoms with van der Waals surface area (Å²) in [7, 11) is 0. The van der Waals surface area contributed by atoms with Crippen molar-refractivity contribution in [3.63, 3.8) is 0 Å². The van der Waals surface area contributed by atoms with E-state index in [1.807, 2.05) is 0 Å². The van der Waals surface area contributed by atoms with Gasteiger partial charge in [0.2, 0.25) is 0 Å². The van der Waals surface area contributed by atoms with E-state index in [4.69, 9.17) is 4.74 Å². The van der Waals surface area contributed by atoms with Crippen LogP contribution < -0.4 is 5.32 Å². The van der Waals surface area contributed by atoms with Crippen LogP contribution in [-0.4, -0.2) is 25.8 Å². The quantitative estimate of drug-likeness (QED) is 0.547. The van der Waals surface area contributed by atoms with Crippen LogP contribution in [0.1, 0.15) is 59.8 Å². The molecule has 0 aliphatic heterocycles. The lowest BCUT2D eigenvalue weighted by Gasteiger charge is -2.19. The second kappa shape index (κ2) is 11.4. The Labute approximate surface area is 102 Å². The fourth-order valence-corrected chi connectivity index (χ4v) is 1.76. The molecule has 0 spiro atoms. The summed E-state index contributed by atoms with van der Waals surface area (Å²) in [6.45, 7) is 11.9. The number of nitrogens with one attached hydrogen (secondary N) is 1. The van der Waals surface area contributed by atoms with Gasteiger partial charge in [-0.25, -0.2) is 0 Å². The fourth-order valence-electron chi connectivity index (χ4n) is 1.76. The second-order valence-corrected chi connectivity index (χ2v) is 4.70. The SMILES string of the molecule is CCCCC(CC)COC(C)CCNCC. The molecule has 2 heteroatoms. The van der Waals surface area contributed by atoms with Crippen molar-refractivity contribution in [3.05, 3.63) is 0 Å². The van der Waals surface area contributed by atoms with Crippen LogP contribution in [-0.2, 0) is 4.74 Å². The zero-order chi connectivity index (χ0) is 12.2. The van der Waals surface area contributed by atoms with Gasteiger partial charge in [0.1, 0.15) is 0 Å². The number of rotatable bonds is 11. The number of hydrogen-bond donors (Lipinski definition) is 1. The molecule has 16 heavy (non-hydrogen) atoms. The minimum Gasteiger partial charge on any atom is -0.378 e. The Hall–Kier alpha value is -0.0800. The molecule has 0 aliphatic rings. The van der Waals surface area contributed by atoms with Gasteiger partial charge in [-0.1, -0.05) is 40.0 Å². The number of ether oxygens (including phenoxy) is 1. The predicted molar refractivity (Wildman–Crippen MR) is 71.9 cm³/mol. The minimum absolute atomic E-state index is 0.398. The molecular weight excluding hydrogens is 198 g/mol. The molecular formula is C14H31NO. The third-order valence-electron chi connectivity index (χ3n) is 3.14. The first-order valence-corrected chi connectivity index (χ1v) is 7.06. The molecule has 0 heterocycles. The average molecular weight is 229 g/mol. The molecule has 2 atom stereocenters. The highest BCUT2D eigenvalue weighted by Gasteiger charge is 2.08. The molecule has 0 radical (unpaired) electrons. The van der Waals surface area contributed by atoms with E-state index < -0.39 is 0 Å². The van der Waals surface area contributed by atoms with E-state index >= 15 is 0 Å². The van der Waals surface area contributed by atoms with Crippen LogP contribution in [0, 0.1) is 5.92 Å². The molecule has 0 rings (SSSR count). The van der Waals surface area contributed by atoms with Crippen molar-refractivity contribution in [1.82, 2.24) is 5.32 Å². The minimum atomic E-state index is 0.398. The Bertz CT molecular complexity index is 139. The Morgan fingerprint density at radius 3 is 2.44 bits per heavy atom. The number of unbranched alkanes of at least 4 members (excludes halogenated alkanes) is 1. The van der Waals surface area contributed by atoms with Crippen LogP contribution in [0.15, 0.2) is 0 Å². The Morgan fingerprint density at radius 1 is 1.12 bits per heavy atom. The molecule has 0 aromatic carbocycles. The predicted octanol–water partition coefficient (Wildman–Crippen LogP) is 3.61. The van der Waals surface area contributed by atoms with Crippen molar-refractivity contribution in [2.24, 2.45) is 5.92 Å². The second-order valence-electron chi connectivity index (χ2n) is 4.70. The van der Waals surface area contributed by atoms with Gasteiger partial charge < -0.3 is 10.1 Å². The smallest absolute Gasteiger partial charge is 0.0559 e. The van der Waals surface area contributed by atoms with Crippen molar-refractivity contribution in [1.29, 1.82) is 0 Å². The van der Waals surface area contributed by atoms with Crippen LogP contribution in [0.5, 0.6) is 0 Å². The lowest BCUT2D eigenvalue weighted by molar-refractivity contribution is 0.0322. The fraction of sp³-hybridized carbons (Fsp3) is 1.00. The van der Waals surface area contributed by atoms with Gasteiger partial charge in [-0.3, -0.25) is 0 Å². The third kappa shape index (κ3) is 9.17. The van der Waals surface area contributed by atoms with Gasteiger partial charge in [0, 0.05) is 6.61 Å². The molecule has 2 nitrogen and oxygen atoms in total. The normalized spacial score (nSPS) is 15.0. The van der Waals surface area contributed by atoms with Gasteiger partial charge in [0.15, 0.2) is 0 Å². The zero-order valence-electron chi connectivity index (χ0n) is 11.7. The highest BCUT2D eigenvalue weighted by Crippen LogP contribution is 2.14. The molecule has 1 N–H and O–H groups in total. The highest BCUT2D eigenvalue weighted by atomic mass is 16.5. The van der Waals surface area contributed by atoms with Crippen molar-refractivity contribution >= 4 is 0 Å². The zero-order valence-corrected chi connectivity index (χ0v) is 11.7. The molecule has 0 fully saturated rings. The highest BCUT2D eigenvalue weighted by molar-refractivity contribution is 4.59. The van der Waals surface area contributed by atoms with E-state index in [-0.39, 0.29) is 0 Å². The number of hydrogen-bond acceptors (Lipinski definition) is 2. The van der Waals surface area contributed by atoms with E-state index in [1.54, 1.807) is 0 Å². The van der Waals surface area contributed by atoms with Crippen molar-refractivity contribution in [3.8, 4) is 0 Å². The lowest BCUT2D eigenvalue weighted by atomic mass is 10.0. The first kappa shape index (κ1) is 15.9. The monoisotopic (exact) mass is 229 g/mol. The molecule has 0 aromatic rings. The summed E-state index contributed by atoms with van der Waals surface area (Å²) < 4.78 is 5.90. The lowest BCUT2D eigenvalue weighted by Crippen LogP contribution is -2.22. The molecule has 0 saturated carbocycles. The van der Waals surface area contributed by atoms with Crippen molar-refractivity contribution in [2.45, 2.75) is 65.9 Å². The Balaban J connectivity index is 3.50. The van der Waals surface area contributed by atoms with Crippen LogP contribution in [0.2, 0.25) is 0 Å². The van der Waals surface area contributed by atoms with Crippen LogP contribution >= 0.6 is 0 Å². The van der Waals surface area contributed by atoms with Crippen LogP contribution in [0.25, 0.3) is 0 Å². The molecule has 0 aromatic heterocycles. The van der Waals surface area contributed by atoms with Crippen molar-refractivity contribution < 1.29 is 4.74 Å². The first-order chi connectivity index (χ1) is 7.74. The molecule has 0 aliphatic carbocycles. The maximum Gasteiger partial charge on any atom is 0.0559 e. The molecule has 0 amide bonds. The summed E-state index contributed by atoms with van der Waals surface area (Å²) in [5.41, 5.74) is 0. The summed E-state index contributed by atoms with van der Waals surface area (Å²) >= 11 is 0. The first-order valence-electron chi connectivity index (χ1n) is 7.06. The van der Waals surface area contributed by atoms with Crippen molar-refractivity contribution in [2.75, 3.05) is 19.7 Å². The van der Waals surface area contributed by atoms with Crippen LogP contribution in [0.4, 0.5) is 0 Å². The average Bonchev–Trinajstić information content (AvgIpc) is 2.30. The van der Waals surface area contributed by atoms with Crippen LogP contribution in [0.3, 0.4) is 0 Å². The van der Waals surface area contributed by atoms with Gasteiger partial charge >= 0.3 is 0 Å². The van der Waals surface area contributed by atoms with E-state index in [0.717, 1.165) is 32.0 Å². The van der Waals surface area contributed by atoms with E-state index in [1.165, 1.54) is 25.7 Å². The standard InChI is InChI=1S/C14H31NO/c1-5-8-9-14(6-2)12-16-13(4)10-11-15-7-3/h13-15H,5-12H2,1-4H3. The molecule has 0 saturated heterocycles. The topological polar surface area (TPSA) is 21.3 Å². The summed E-state index contributed by atoms with van der Waals surface area (Å²) in [6, 6.07) is 0. The summed E-state index contributed by atoms with van der Waals surface area (Å²) in [5.74, 6) is 0.765. The van der Waals surface area contributed by atoms with Gasteiger partial charge in [-0.2, -0.15) is 0 Å². The maximum absolute atomic E-state index is 5.90. The Kier molecular flexibility index (Phi) is 11.3. The molecule has 98 valence electrons. The van der Waals surface area contributed by atoms with E-state index in [2.05, 4.69) is 33.0 Å². The van der Waals surface area contributed by atoms with Gasteiger partial charge in [0.25, 0.3) is 0 Å². The summed E-state index contributed by atoms with van der Waals surface area (Å²) in [5, 5.41) is 3.34. The molecule has 2 unspecified atom stereocenters. The van der Waals surface area contributed by atoms with Gasteiger partial charge in [0.05, 0.1) is 6.10 Å².